The van der Waals surface area contributed by atoms with Crippen LogP contribution in [0.4, 0.5) is 0 Å². The van der Waals surface area contributed by atoms with Gasteiger partial charge in [0, 0.05) is 34.7 Å². The molecule has 0 fully saturated rings. The highest BCUT2D eigenvalue weighted by atomic mass is 16.5. The minimum Gasteiger partial charge on any atom is -0.457 e. The number of ether oxygens (including phenoxy) is 1. The normalized spacial score (nSPS) is 12.0. The number of aryl methyl sites for hydroxylation is 2. The van der Waals surface area contributed by atoms with Gasteiger partial charge in [0.15, 0.2) is 0 Å². The minimum absolute atomic E-state index is 0.00568. The molecule has 7 aromatic rings. The van der Waals surface area contributed by atoms with E-state index in [2.05, 4.69) is 155 Å². The van der Waals surface area contributed by atoms with Crippen LogP contribution in [-0.2, 0) is 24.7 Å². The van der Waals surface area contributed by atoms with E-state index >= 15 is 0 Å². The van der Waals surface area contributed by atoms with E-state index in [0.717, 1.165) is 59.0 Å². The molecule has 0 saturated heterocycles. The monoisotopic (exact) mass is 660 g/mol. The molecule has 7 rings (SSSR count). The molecule has 0 atom stereocenters. The molecule has 3 aromatic heterocycles. The topological polar surface area (TPSA) is 44.9 Å². The molecule has 0 N–H and O–H groups in total. The Balaban J connectivity index is 1.31. The molecule has 4 aromatic carbocycles. The lowest BCUT2D eigenvalue weighted by Gasteiger charge is -2.20. The zero-order chi connectivity index (χ0) is 35.0. The summed E-state index contributed by atoms with van der Waals surface area (Å²) in [6.07, 6.45) is 5.90. The highest BCUT2D eigenvalue weighted by Gasteiger charge is 2.20. The van der Waals surface area contributed by atoms with Crippen molar-refractivity contribution in [3.63, 3.8) is 0 Å². The Kier molecular flexibility index (Phi) is 9.09. The van der Waals surface area contributed by atoms with Gasteiger partial charge in [-0.15, -0.1) is 0 Å². The number of benzene rings is 4. The van der Waals surface area contributed by atoms with E-state index < -0.39 is 0 Å². The predicted octanol–water partition coefficient (Wildman–Crippen LogP) is 11.8. The van der Waals surface area contributed by atoms with Gasteiger partial charge < -0.3 is 4.74 Å². The van der Waals surface area contributed by atoms with Crippen molar-refractivity contribution in [1.29, 1.82) is 0 Å². The third-order valence-electron chi connectivity index (χ3n) is 9.74. The molecule has 50 heavy (non-hydrogen) atoms. The van der Waals surface area contributed by atoms with Crippen molar-refractivity contribution in [2.24, 2.45) is 5.92 Å². The molecular formula is C45H48N4O. The molecule has 0 aliphatic rings. The Morgan fingerprint density at radius 1 is 0.740 bits per heavy atom. The van der Waals surface area contributed by atoms with Gasteiger partial charge >= 0.3 is 0 Å². The fraction of sp³-hybridized carbons (Fsp3) is 0.289. The molecule has 5 nitrogen and oxygen atoms in total. The van der Waals surface area contributed by atoms with E-state index in [9.17, 15) is 0 Å². The SMILES string of the molecule is CCc1nn(-c2cccc(Oc3ccc4c5cc(CCC(C)C)ccc5n(-c5cc(C(C)(C)C)ccn5)c4c3)c2)c(CC)c1-c1ccccc1. The van der Waals surface area contributed by atoms with Gasteiger partial charge in [0.2, 0.25) is 0 Å². The van der Waals surface area contributed by atoms with Crippen LogP contribution in [0.5, 0.6) is 11.5 Å². The Hall–Kier alpha value is -5.16. The Bertz CT molecular complexity index is 2280. The lowest BCUT2D eigenvalue weighted by molar-refractivity contribution is 0.482. The van der Waals surface area contributed by atoms with Crippen molar-refractivity contribution in [2.75, 3.05) is 0 Å². The van der Waals surface area contributed by atoms with Crippen molar-refractivity contribution in [3.05, 3.63) is 132 Å². The van der Waals surface area contributed by atoms with E-state index in [0.29, 0.717) is 5.92 Å². The molecule has 0 bridgehead atoms. The number of rotatable bonds is 10. The summed E-state index contributed by atoms with van der Waals surface area (Å²) >= 11 is 0. The molecule has 254 valence electrons. The van der Waals surface area contributed by atoms with Crippen LogP contribution in [-0.4, -0.2) is 19.3 Å². The smallest absolute Gasteiger partial charge is 0.137 e. The second kappa shape index (κ2) is 13.6. The zero-order valence-electron chi connectivity index (χ0n) is 30.5. The summed E-state index contributed by atoms with van der Waals surface area (Å²) in [6.45, 7) is 15.7. The van der Waals surface area contributed by atoms with Crippen molar-refractivity contribution >= 4 is 21.8 Å². The van der Waals surface area contributed by atoms with E-state index in [-0.39, 0.29) is 5.41 Å². The molecule has 0 amide bonds. The highest BCUT2D eigenvalue weighted by Crippen LogP contribution is 2.37. The molecule has 0 aliphatic heterocycles. The Labute approximate surface area is 296 Å². The van der Waals surface area contributed by atoms with Crippen LogP contribution < -0.4 is 4.74 Å². The van der Waals surface area contributed by atoms with E-state index in [1.54, 1.807) is 0 Å². The summed E-state index contributed by atoms with van der Waals surface area (Å²) in [7, 11) is 0. The van der Waals surface area contributed by atoms with E-state index in [4.69, 9.17) is 14.8 Å². The summed E-state index contributed by atoms with van der Waals surface area (Å²) in [6, 6.07) is 36.6. The van der Waals surface area contributed by atoms with Crippen LogP contribution in [0, 0.1) is 5.92 Å². The molecule has 0 aliphatic carbocycles. The zero-order valence-corrected chi connectivity index (χ0v) is 30.5. The van der Waals surface area contributed by atoms with Gasteiger partial charge in [0.25, 0.3) is 0 Å². The summed E-state index contributed by atoms with van der Waals surface area (Å²) in [5, 5.41) is 7.54. The standard InChI is InChI=1S/C45H48N4O/c1-8-39-44(32-14-11-10-12-15-32)40(9-2)49(47-39)34-16-13-17-35(28-34)50-36-21-22-37-38-26-31(19-18-30(3)4)20-23-41(38)48(42(37)29-36)43-27-33(24-25-46-43)45(5,6)7/h10-17,20-30H,8-9,18-19H2,1-7H3. The van der Waals surface area contributed by atoms with Crippen LogP contribution in [0.15, 0.2) is 109 Å². The van der Waals surface area contributed by atoms with Gasteiger partial charge in [0.05, 0.1) is 28.1 Å². The first kappa shape index (κ1) is 33.3. The summed E-state index contributed by atoms with van der Waals surface area (Å²) < 4.78 is 11.0. The third-order valence-corrected chi connectivity index (χ3v) is 9.74. The molecule has 5 heteroatoms. The second-order valence-electron chi connectivity index (χ2n) is 14.8. The maximum atomic E-state index is 6.65. The minimum atomic E-state index is 0.00568. The number of pyridine rings is 1. The van der Waals surface area contributed by atoms with Gasteiger partial charge in [-0.1, -0.05) is 90.9 Å². The van der Waals surface area contributed by atoms with Gasteiger partial charge in [-0.2, -0.15) is 5.10 Å². The fourth-order valence-electron chi connectivity index (χ4n) is 7.02. The van der Waals surface area contributed by atoms with Crippen molar-refractivity contribution in [1.82, 2.24) is 19.3 Å². The van der Waals surface area contributed by atoms with E-state index in [1.165, 1.54) is 45.1 Å². The molecule has 3 heterocycles. The van der Waals surface area contributed by atoms with Gasteiger partial charge in [-0.05, 0) is 102 Å². The largest absolute Gasteiger partial charge is 0.457 e. The number of nitrogens with zero attached hydrogens (tertiary/aromatic N) is 4. The summed E-state index contributed by atoms with van der Waals surface area (Å²) in [5.41, 5.74) is 10.6. The van der Waals surface area contributed by atoms with Crippen LogP contribution >= 0.6 is 0 Å². The second-order valence-corrected chi connectivity index (χ2v) is 14.8. The van der Waals surface area contributed by atoms with Gasteiger partial charge in [0.1, 0.15) is 17.3 Å². The van der Waals surface area contributed by atoms with E-state index in [1.807, 2.05) is 12.3 Å². The quantitative estimate of drug-likeness (QED) is 0.147. The average molecular weight is 661 g/mol. The van der Waals surface area contributed by atoms with Crippen molar-refractivity contribution in [2.45, 2.75) is 79.6 Å². The first-order chi connectivity index (χ1) is 24.1. The maximum absolute atomic E-state index is 6.65. The first-order valence-corrected chi connectivity index (χ1v) is 18.1. The van der Waals surface area contributed by atoms with Crippen LogP contribution in [0.3, 0.4) is 0 Å². The van der Waals surface area contributed by atoms with Crippen LogP contribution in [0.2, 0.25) is 0 Å². The number of hydrogen-bond donors (Lipinski definition) is 0. The molecule has 0 saturated carbocycles. The summed E-state index contributed by atoms with van der Waals surface area (Å²) in [5.74, 6) is 3.13. The molecule has 0 spiro atoms. The van der Waals surface area contributed by atoms with Crippen LogP contribution in [0.1, 0.15) is 77.4 Å². The van der Waals surface area contributed by atoms with Gasteiger partial charge in [-0.3, -0.25) is 4.57 Å². The fourth-order valence-corrected chi connectivity index (χ4v) is 7.02. The van der Waals surface area contributed by atoms with Crippen molar-refractivity contribution < 1.29 is 4.74 Å². The predicted molar refractivity (Wildman–Crippen MR) is 208 cm³/mol. The lowest BCUT2D eigenvalue weighted by atomic mass is 9.88. The Morgan fingerprint density at radius 2 is 1.54 bits per heavy atom. The first-order valence-electron chi connectivity index (χ1n) is 18.1. The highest BCUT2D eigenvalue weighted by molar-refractivity contribution is 6.09. The maximum Gasteiger partial charge on any atom is 0.137 e. The average Bonchev–Trinajstić information content (AvgIpc) is 3.66. The molecule has 0 unspecified atom stereocenters. The third kappa shape index (κ3) is 6.45. The summed E-state index contributed by atoms with van der Waals surface area (Å²) in [4.78, 5) is 4.90. The molecule has 0 radical (unpaired) electrons. The number of hydrogen-bond acceptors (Lipinski definition) is 3. The number of aromatic nitrogens is 4. The number of fused-ring (bicyclic) bond motifs is 3. The lowest BCUT2D eigenvalue weighted by Crippen LogP contribution is -2.12. The molecular weight excluding hydrogens is 613 g/mol. The van der Waals surface area contributed by atoms with Gasteiger partial charge in [-0.25, -0.2) is 9.67 Å². The van der Waals surface area contributed by atoms with Crippen molar-refractivity contribution in [3.8, 4) is 34.1 Å². The Morgan fingerprint density at radius 3 is 2.28 bits per heavy atom. The van der Waals surface area contributed by atoms with Crippen LogP contribution in [0.25, 0.3) is 44.4 Å².